The van der Waals surface area contributed by atoms with Gasteiger partial charge in [-0.2, -0.15) is 0 Å². The lowest BCUT2D eigenvalue weighted by Crippen LogP contribution is -2.20. The van der Waals surface area contributed by atoms with Crippen LogP contribution in [0.2, 0.25) is 0 Å². The lowest BCUT2D eigenvalue weighted by molar-refractivity contribution is 0.360. The SMILES string of the molecule is CC(=CCC1=C(C)CCCC1(C)C)C/C=C\CCCC(C)C. The van der Waals surface area contributed by atoms with Crippen LogP contribution in [-0.2, 0) is 0 Å². The highest BCUT2D eigenvalue weighted by Gasteiger charge is 2.27. The van der Waals surface area contributed by atoms with E-state index in [4.69, 9.17) is 0 Å². The molecule has 0 atom stereocenters. The van der Waals surface area contributed by atoms with Crippen LogP contribution in [0.15, 0.2) is 34.9 Å². The van der Waals surface area contributed by atoms with E-state index >= 15 is 0 Å². The van der Waals surface area contributed by atoms with Crippen LogP contribution in [-0.4, -0.2) is 0 Å². The summed E-state index contributed by atoms with van der Waals surface area (Å²) in [5.74, 6) is 0.838. The third kappa shape index (κ3) is 6.99. The number of rotatable bonds is 8. The number of allylic oxidation sites excluding steroid dienone is 6. The molecule has 1 aliphatic carbocycles. The first-order valence-corrected chi connectivity index (χ1v) is 9.32. The maximum absolute atomic E-state index is 2.46. The molecule has 0 heterocycles. The highest BCUT2D eigenvalue weighted by atomic mass is 14.3. The van der Waals surface area contributed by atoms with Gasteiger partial charge in [0.25, 0.3) is 0 Å². The standard InChI is InChI=1S/C22H38/c1-18(2)12-9-7-8-10-13-19(3)15-16-21-20(4)14-11-17-22(21,5)6/h8,10,15,18H,7,9,11-14,16-17H2,1-6H3/b10-8-,19-15?. The smallest absolute Gasteiger partial charge is 0.0128 e. The van der Waals surface area contributed by atoms with Gasteiger partial charge in [0.2, 0.25) is 0 Å². The predicted octanol–water partition coefficient (Wildman–Crippen LogP) is 7.62. The predicted molar refractivity (Wildman–Crippen MR) is 101 cm³/mol. The second-order valence-electron chi connectivity index (χ2n) is 8.25. The van der Waals surface area contributed by atoms with E-state index in [2.05, 4.69) is 59.8 Å². The van der Waals surface area contributed by atoms with Crippen molar-refractivity contribution in [3.8, 4) is 0 Å². The average Bonchev–Trinajstić information content (AvgIpc) is 2.41. The van der Waals surface area contributed by atoms with Crippen molar-refractivity contribution < 1.29 is 0 Å². The van der Waals surface area contributed by atoms with E-state index in [1.165, 1.54) is 44.1 Å². The van der Waals surface area contributed by atoms with Gasteiger partial charge in [-0.15, -0.1) is 0 Å². The lowest BCUT2D eigenvalue weighted by atomic mass is 9.71. The largest absolute Gasteiger partial charge is 0.0882 e. The van der Waals surface area contributed by atoms with Crippen molar-refractivity contribution >= 4 is 0 Å². The maximum Gasteiger partial charge on any atom is -0.0128 e. The number of hydrogen-bond acceptors (Lipinski definition) is 0. The maximum atomic E-state index is 2.46. The van der Waals surface area contributed by atoms with Gasteiger partial charge < -0.3 is 0 Å². The van der Waals surface area contributed by atoms with Gasteiger partial charge in [-0.1, -0.05) is 69.1 Å². The Bertz CT molecular complexity index is 415. The van der Waals surface area contributed by atoms with Crippen molar-refractivity contribution in [1.82, 2.24) is 0 Å². The topological polar surface area (TPSA) is 0 Å². The minimum atomic E-state index is 0.409. The van der Waals surface area contributed by atoms with Crippen molar-refractivity contribution in [3.63, 3.8) is 0 Å². The Labute approximate surface area is 139 Å². The zero-order chi connectivity index (χ0) is 16.6. The monoisotopic (exact) mass is 302 g/mol. The van der Waals surface area contributed by atoms with Crippen molar-refractivity contribution in [3.05, 3.63) is 34.9 Å². The average molecular weight is 303 g/mol. The molecule has 0 spiro atoms. The summed E-state index contributed by atoms with van der Waals surface area (Å²) in [7, 11) is 0. The summed E-state index contributed by atoms with van der Waals surface area (Å²) in [6.07, 6.45) is 17.4. The molecule has 0 nitrogen and oxygen atoms in total. The molecule has 126 valence electrons. The van der Waals surface area contributed by atoms with Gasteiger partial charge in [0.1, 0.15) is 0 Å². The molecule has 0 heteroatoms. The van der Waals surface area contributed by atoms with Crippen LogP contribution in [0.4, 0.5) is 0 Å². The first kappa shape index (κ1) is 19.3. The van der Waals surface area contributed by atoms with E-state index in [9.17, 15) is 0 Å². The molecule has 0 bridgehead atoms. The summed E-state index contributed by atoms with van der Waals surface area (Å²) in [5, 5.41) is 0. The third-order valence-electron chi connectivity index (χ3n) is 5.10. The molecule has 0 N–H and O–H groups in total. The molecule has 0 amide bonds. The highest BCUT2D eigenvalue weighted by molar-refractivity contribution is 5.25. The first-order chi connectivity index (χ1) is 10.3. The van der Waals surface area contributed by atoms with E-state index in [1.807, 2.05) is 0 Å². The van der Waals surface area contributed by atoms with Gasteiger partial charge in [-0.3, -0.25) is 0 Å². The number of unbranched alkanes of at least 4 members (excludes halogenated alkanes) is 1. The van der Waals surface area contributed by atoms with Crippen LogP contribution in [0.3, 0.4) is 0 Å². The van der Waals surface area contributed by atoms with Crippen molar-refractivity contribution in [2.75, 3.05) is 0 Å². The van der Waals surface area contributed by atoms with Crippen molar-refractivity contribution in [2.45, 2.75) is 92.9 Å². The molecule has 0 aromatic heterocycles. The van der Waals surface area contributed by atoms with Gasteiger partial charge in [0.15, 0.2) is 0 Å². The summed E-state index contributed by atoms with van der Waals surface area (Å²) in [5.41, 5.74) is 5.26. The summed E-state index contributed by atoms with van der Waals surface area (Å²) >= 11 is 0. The zero-order valence-corrected chi connectivity index (χ0v) is 16.0. The van der Waals surface area contributed by atoms with Crippen LogP contribution >= 0.6 is 0 Å². The fourth-order valence-corrected chi connectivity index (χ4v) is 3.52. The Morgan fingerprint density at radius 1 is 1.23 bits per heavy atom. The van der Waals surface area contributed by atoms with Gasteiger partial charge in [-0.05, 0) is 70.1 Å². The molecule has 0 saturated heterocycles. The summed E-state index contributed by atoms with van der Waals surface area (Å²) < 4.78 is 0. The summed E-state index contributed by atoms with van der Waals surface area (Å²) in [6, 6.07) is 0. The fraction of sp³-hybridized carbons (Fsp3) is 0.727. The fourth-order valence-electron chi connectivity index (χ4n) is 3.52. The normalized spacial score (nSPS) is 19.5. The zero-order valence-electron chi connectivity index (χ0n) is 16.0. The molecule has 0 unspecified atom stereocenters. The Morgan fingerprint density at radius 2 is 1.95 bits per heavy atom. The Morgan fingerprint density at radius 3 is 2.59 bits per heavy atom. The molecule has 0 saturated carbocycles. The van der Waals surface area contributed by atoms with Gasteiger partial charge in [-0.25, -0.2) is 0 Å². The van der Waals surface area contributed by atoms with E-state index in [0.717, 1.165) is 18.8 Å². The van der Waals surface area contributed by atoms with Crippen LogP contribution < -0.4 is 0 Å². The van der Waals surface area contributed by atoms with Crippen LogP contribution in [0.25, 0.3) is 0 Å². The molecule has 1 aliphatic rings. The van der Waals surface area contributed by atoms with E-state index < -0.39 is 0 Å². The molecule has 0 aromatic rings. The minimum absolute atomic E-state index is 0.409. The molecule has 0 fully saturated rings. The van der Waals surface area contributed by atoms with E-state index in [0.29, 0.717) is 5.41 Å². The van der Waals surface area contributed by atoms with Crippen molar-refractivity contribution in [2.24, 2.45) is 11.3 Å². The Hall–Kier alpha value is -0.780. The number of hydrogen-bond donors (Lipinski definition) is 0. The molecule has 0 radical (unpaired) electrons. The molecule has 0 aliphatic heterocycles. The summed E-state index contributed by atoms with van der Waals surface area (Å²) in [6.45, 7) is 14.1. The Balaban J connectivity index is 2.41. The molecule has 0 aromatic carbocycles. The van der Waals surface area contributed by atoms with Gasteiger partial charge >= 0.3 is 0 Å². The quantitative estimate of drug-likeness (QED) is 0.319. The van der Waals surface area contributed by atoms with Gasteiger partial charge in [0.05, 0.1) is 0 Å². The second kappa shape index (κ2) is 9.38. The third-order valence-corrected chi connectivity index (χ3v) is 5.10. The molecular weight excluding hydrogens is 264 g/mol. The minimum Gasteiger partial charge on any atom is -0.0882 e. The lowest BCUT2D eigenvalue weighted by Gasteiger charge is -2.34. The molecular formula is C22H38. The van der Waals surface area contributed by atoms with Gasteiger partial charge in [0, 0.05) is 0 Å². The first-order valence-electron chi connectivity index (χ1n) is 9.32. The molecule has 1 rings (SSSR count). The summed E-state index contributed by atoms with van der Waals surface area (Å²) in [4.78, 5) is 0. The second-order valence-corrected chi connectivity index (χ2v) is 8.25. The van der Waals surface area contributed by atoms with E-state index in [1.54, 1.807) is 11.1 Å². The van der Waals surface area contributed by atoms with Crippen LogP contribution in [0, 0.1) is 11.3 Å². The Kier molecular flexibility index (Phi) is 8.21. The van der Waals surface area contributed by atoms with Crippen LogP contribution in [0.1, 0.15) is 92.9 Å². The van der Waals surface area contributed by atoms with E-state index in [-0.39, 0.29) is 0 Å². The molecule has 22 heavy (non-hydrogen) atoms. The highest BCUT2D eigenvalue weighted by Crippen LogP contribution is 2.42. The van der Waals surface area contributed by atoms with Crippen LogP contribution in [0.5, 0.6) is 0 Å². The van der Waals surface area contributed by atoms with Crippen molar-refractivity contribution in [1.29, 1.82) is 0 Å².